The van der Waals surface area contributed by atoms with Crippen molar-refractivity contribution in [2.75, 3.05) is 31.7 Å². The molecule has 136 valence electrons. The van der Waals surface area contributed by atoms with E-state index in [-0.39, 0.29) is 0 Å². The van der Waals surface area contributed by atoms with Crippen LogP contribution in [0.5, 0.6) is 5.75 Å². The molecule has 0 amide bonds. The third kappa shape index (κ3) is 4.80. The van der Waals surface area contributed by atoms with Gasteiger partial charge < -0.3 is 14.8 Å². The zero-order valence-corrected chi connectivity index (χ0v) is 15.7. The summed E-state index contributed by atoms with van der Waals surface area (Å²) in [5.74, 6) is 1.76. The van der Waals surface area contributed by atoms with Crippen LogP contribution in [0, 0.1) is 6.92 Å². The second kappa shape index (κ2) is 9.31. The summed E-state index contributed by atoms with van der Waals surface area (Å²) in [6, 6.07) is 8.30. The van der Waals surface area contributed by atoms with Crippen LogP contribution >= 0.6 is 11.3 Å². The molecule has 3 aromatic rings. The Morgan fingerprint density at radius 2 is 2.15 bits per heavy atom. The van der Waals surface area contributed by atoms with E-state index >= 15 is 0 Å². The molecule has 0 bridgehead atoms. The number of aromatic nitrogens is 2. The topological polar surface area (TPSA) is 56.3 Å². The molecule has 2 aromatic heterocycles. The molecule has 0 fully saturated rings. The van der Waals surface area contributed by atoms with Gasteiger partial charge in [0.05, 0.1) is 25.1 Å². The number of aryl methyl sites for hydroxylation is 1. The van der Waals surface area contributed by atoms with Crippen molar-refractivity contribution < 1.29 is 9.47 Å². The second-order valence-corrected chi connectivity index (χ2v) is 6.74. The molecule has 0 saturated carbocycles. The molecular weight excluding hydrogens is 346 g/mol. The highest BCUT2D eigenvalue weighted by Crippen LogP contribution is 2.23. The Morgan fingerprint density at radius 3 is 3.00 bits per heavy atom. The maximum Gasteiger partial charge on any atom is 0.138 e. The molecule has 1 aromatic carbocycles. The number of hydrogen-bond donors (Lipinski definition) is 1. The van der Waals surface area contributed by atoms with Gasteiger partial charge in [-0.3, -0.25) is 0 Å². The molecule has 0 atom stereocenters. The van der Waals surface area contributed by atoms with Crippen LogP contribution < -0.4 is 10.1 Å². The van der Waals surface area contributed by atoms with E-state index in [1.54, 1.807) is 23.7 Å². The van der Waals surface area contributed by atoms with E-state index in [9.17, 15) is 0 Å². The summed E-state index contributed by atoms with van der Waals surface area (Å²) >= 11 is 1.61. The van der Waals surface area contributed by atoms with Gasteiger partial charge in [0.2, 0.25) is 0 Å². The molecule has 5 nitrogen and oxygen atoms in total. The van der Waals surface area contributed by atoms with Crippen LogP contribution in [-0.2, 0) is 11.2 Å². The van der Waals surface area contributed by atoms with Crippen LogP contribution in [0.25, 0.3) is 10.2 Å². The molecule has 6 heteroatoms. The fraction of sp³-hybridized carbons (Fsp3) is 0.300. The van der Waals surface area contributed by atoms with Gasteiger partial charge in [-0.15, -0.1) is 17.9 Å². The Hall–Kier alpha value is -2.44. The van der Waals surface area contributed by atoms with Crippen LogP contribution in [0.15, 0.2) is 48.6 Å². The molecule has 26 heavy (non-hydrogen) atoms. The molecule has 0 unspecified atom stereocenters. The maximum atomic E-state index is 5.90. The van der Waals surface area contributed by atoms with Crippen molar-refractivity contribution in [1.29, 1.82) is 0 Å². The van der Waals surface area contributed by atoms with Crippen LogP contribution in [0.1, 0.15) is 11.1 Å². The monoisotopic (exact) mass is 369 g/mol. The van der Waals surface area contributed by atoms with E-state index in [0.717, 1.165) is 33.8 Å². The normalized spacial score (nSPS) is 10.8. The van der Waals surface area contributed by atoms with Crippen molar-refractivity contribution in [3.05, 3.63) is 59.8 Å². The van der Waals surface area contributed by atoms with Gasteiger partial charge in [-0.2, -0.15) is 0 Å². The number of fused-ring (bicyclic) bond motifs is 1. The van der Waals surface area contributed by atoms with Crippen molar-refractivity contribution in [2.45, 2.75) is 13.3 Å². The zero-order valence-electron chi connectivity index (χ0n) is 14.9. The lowest BCUT2D eigenvalue weighted by Gasteiger charge is -2.12. The summed E-state index contributed by atoms with van der Waals surface area (Å²) in [6.45, 7) is 8.25. The molecule has 2 heterocycles. The van der Waals surface area contributed by atoms with Crippen LogP contribution in [-0.4, -0.2) is 36.3 Å². The van der Waals surface area contributed by atoms with Crippen molar-refractivity contribution in [3.8, 4) is 5.75 Å². The average Bonchev–Trinajstić information content (AvgIpc) is 3.13. The number of nitrogens with zero attached hydrogens (tertiary/aromatic N) is 2. The van der Waals surface area contributed by atoms with Gasteiger partial charge >= 0.3 is 0 Å². The smallest absolute Gasteiger partial charge is 0.138 e. The van der Waals surface area contributed by atoms with Crippen molar-refractivity contribution in [1.82, 2.24) is 9.97 Å². The number of nitrogens with one attached hydrogen (secondary N) is 1. The highest BCUT2D eigenvalue weighted by atomic mass is 32.1. The first-order valence-corrected chi connectivity index (χ1v) is 9.49. The number of hydrogen-bond acceptors (Lipinski definition) is 6. The number of anilines is 1. The standard InChI is InChI=1S/C20H23N3O2S/c1-3-9-24-10-6-16-4-5-18(15(2)13-16)25-11-8-21-19-17-7-12-26-20(17)23-14-22-19/h3-5,7,12-14H,1,6,8-11H2,2H3,(H,21,22,23). The SMILES string of the molecule is C=CCOCCc1ccc(OCCNc2ncnc3sccc23)c(C)c1. The number of thiophene rings is 1. The largest absolute Gasteiger partial charge is 0.491 e. The van der Waals surface area contributed by atoms with Crippen LogP contribution in [0.2, 0.25) is 0 Å². The first-order chi connectivity index (χ1) is 12.8. The lowest BCUT2D eigenvalue weighted by Crippen LogP contribution is -2.13. The third-order valence-electron chi connectivity index (χ3n) is 3.92. The van der Waals surface area contributed by atoms with Gasteiger partial charge in [0.15, 0.2) is 0 Å². The molecule has 1 N–H and O–H groups in total. The highest BCUT2D eigenvalue weighted by molar-refractivity contribution is 7.16. The van der Waals surface area contributed by atoms with Gasteiger partial charge in [-0.05, 0) is 42.0 Å². The first kappa shape index (κ1) is 18.4. The van der Waals surface area contributed by atoms with E-state index in [0.29, 0.717) is 26.4 Å². The Bertz CT molecular complexity index is 863. The molecule has 0 saturated heterocycles. The number of ether oxygens (including phenoxy) is 2. The average molecular weight is 369 g/mol. The molecular formula is C20H23N3O2S. The Kier molecular flexibility index (Phi) is 6.57. The zero-order chi connectivity index (χ0) is 18.2. The lowest BCUT2D eigenvalue weighted by atomic mass is 10.1. The van der Waals surface area contributed by atoms with E-state index in [4.69, 9.17) is 9.47 Å². The summed E-state index contributed by atoms with van der Waals surface area (Å²) < 4.78 is 11.3. The molecule has 0 aliphatic carbocycles. The molecule has 0 aliphatic rings. The van der Waals surface area contributed by atoms with Gasteiger partial charge in [0.25, 0.3) is 0 Å². The minimum Gasteiger partial charge on any atom is -0.491 e. The predicted octanol–water partition coefficient (Wildman–Crippen LogP) is 4.24. The maximum absolute atomic E-state index is 5.90. The summed E-state index contributed by atoms with van der Waals surface area (Å²) in [5, 5.41) is 6.40. The fourth-order valence-electron chi connectivity index (χ4n) is 2.65. The molecule has 0 aliphatic heterocycles. The van der Waals surface area contributed by atoms with E-state index < -0.39 is 0 Å². The van der Waals surface area contributed by atoms with E-state index in [1.165, 1.54) is 5.56 Å². The quantitative estimate of drug-likeness (QED) is 0.428. The van der Waals surface area contributed by atoms with E-state index in [2.05, 4.69) is 40.9 Å². The van der Waals surface area contributed by atoms with Gasteiger partial charge in [-0.25, -0.2) is 9.97 Å². The van der Waals surface area contributed by atoms with Crippen molar-refractivity contribution >= 4 is 27.4 Å². The summed E-state index contributed by atoms with van der Waals surface area (Å²) in [6.07, 6.45) is 4.24. The Balaban J connectivity index is 1.47. The van der Waals surface area contributed by atoms with Gasteiger partial charge in [-0.1, -0.05) is 18.2 Å². The van der Waals surface area contributed by atoms with E-state index in [1.807, 2.05) is 17.5 Å². The van der Waals surface area contributed by atoms with Crippen molar-refractivity contribution in [2.24, 2.45) is 0 Å². The summed E-state index contributed by atoms with van der Waals surface area (Å²) in [4.78, 5) is 9.55. The summed E-state index contributed by atoms with van der Waals surface area (Å²) in [7, 11) is 0. The third-order valence-corrected chi connectivity index (χ3v) is 4.74. The Labute approximate surface area is 157 Å². The molecule has 3 rings (SSSR count). The van der Waals surface area contributed by atoms with Crippen LogP contribution in [0.4, 0.5) is 5.82 Å². The molecule has 0 spiro atoms. The minimum absolute atomic E-state index is 0.568. The number of benzene rings is 1. The second-order valence-electron chi connectivity index (χ2n) is 5.85. The fourth-order valence-corrected chi connectivity index (χ4v) is 3.38. The molecule has 0 radical (unpaired) electrons. The van der Waals surface area contributed by atoms with Crippen LogP contribution in [0.3, 0.4) is 0 Å². The highest BCUT2D eigenvalue weighted by Gasteiger charge is 2.05. The Morgan fingerprint density at radius 1 is 1.23 bits per heavy atom. The first-order valence-electron chi connectivity index (χ1n) is 8.61. The van der Waals surface area contributed by atoms with Gasteiger partial charge in [0.1, 0.15) is 29.3 Å². The lowest BCUT2D eigenvalue weighted by molar-refractivity contribution is 0.166. The number of rotatable bonds is 10. The predicted molar refractivity (Wildman–Crippen MR) is 107 cm³/mol. The minimum atomic E-state index is 0.568. The van der Waals surface area contributed by atoms with Gasteiger partial charge in [0, 0.05) is 0 Å². The summed E-state index contributed by atoms with van der Waals surface area (Å²) in [5.41, 5.74) is 2.38. The van der Waals surface area contributed by atoms with Crippen molar-refractivity contribution in [3.63, 3.8) is 0 Å².